The summed E-state index contributed by atoms with van der Waals surface area (Å²) in [6.07, 6.45) is 1.78. The van der Waals surface area contributed by atoms with Crippen LogP contribution in [0.2, 0.25) is 0 Å². The summed E-state index contributed by atoms with van der Waals surface area (Å²) in [6.45, 7) is 6.63. The number of hydrogen-bond acceptors (Lipinski definition) is 4. The van der Waals surface area contributed by atoms with E-state index in [2.05, 4.69) is 36.1 Å². The standard InChI is InChI=1S/C22H27N3O2S/c1-17-5-2-7-19(15-17)23-10-12-24(13-11-23)21(26)18-6-3-9-25(16-18)22(27)20-8-4-14-28-20/h2,4-5,7-8,14-15,18H,3,6,9-13,16H2,1H3. The topological polar surface area (TPSA) is 43.9 Å². The van der Waals surface area contributed by atoms with Crippen molar-refractivity contribution in [3.63, 3.8) is 0 Å². The number of rotatable bonds is 3. The molecule has 28 heavy (non-hydrogen) atoms. The molecule has 6 heteroatoms. The molecule has 1 atom stereocenters. The summed E-state index contributed by atoms with van der Waals surface area (Å²) < 4.78 is 0. The summed E-state index contributed by atoms with van der Waals surface area (Å²) in [4.78, 5) is 32.7. The first-order chi connectivity index (χ1) is 13.6. The molecule has 0 spiro atoms. The average Bonchev–Trinajstić information content (AvgIpc) is 3.28. The Balaban J connectivity index is 1.34. The van der Waals surface area contributed by atoms with Crippen LogP contribution >= 0.6 is 11.3 Å². The SMILES string of the molecule is Cc1cccc(N2CCN(C(=O)C3CCCN(C(=O)c4cccs4)C3)CC2)c1. The summed E-state index contributed by atoms with van der Waals surface area (Å²) in [6, 6.07) is 12.3. The summed E-state index contributed by atoms with van der Waals surface area (Å²) in [5.41, 5.74) is 2.49. The number of amides is 2. The molecule has 0 bridgehead atoms. The second-order valence-corrected chi connectivity index (χ2v) is 8.67. The molecule has 4 rings (SSSR count). The Morgan fingerprint density at radius 2 is 1.82 bits per heavy atom. The van der Waals surface area contributed by atoms with Crippen molar-refractivity contribution in [2.75, 3.05) is 44.2 Å². The number of hydrogen-bond donors (Lipinski definition) is 0. The van der Waals surface area contributed by atoms with Crippen LogP contribution in [0.15, 0.2) is 41.8 Å². The maximum absolute atomic E-state index is 13.1. The van der Waals surface area contributed by atoms with Gasteiger partial charge in [0.15, 0.2) is 0 Å². The Morgan fingerprint density at radius 1 is 1.00 bits per heavy atom. The molecule has 0 saturated carbocycles. The number of thiophene rings is 1. The average molecular weight is 398 g/mol. The van der Waals surface area contributed by atoms with Gasteiger partial charge in [0.1, 0.15) is 0 Å². The number of piperazine rings is 1. The third-order valence-electron chi connectivity index (χ3n) is 5.75. The molecule has 3 heterocycles. The Morgan fingerprint density at radius 3 is 2.54 bits per heavy atom. The third kappa shape index (κ3) is 4.07. The zero-order valence-corrected chi connectivity index (χ0v) is 17.2. The van der Waals surface area contributed by atoms with E-state index in [4.69, 9.17) is 0 Å². The molecule has 2 aromatic rings. The van der Waals surface area contributed by atoms with Gasteiger partial charge in [-0.05, 0) is 48.9 Å². The van der Waals surface area contributed by atoms with Gasteiger partial charge in [-0.3, -0.25) is 9.59 Å². The molecule has 2 amide bonds. The van der Waals surface area contributed by atoms with Crippen LogP contribution in [-0.2, 0) is 4.79 Å². The minimum atomic E-state index is -0.0665. The van der Waals surface area contributed by atoms with Crippen LogP contribution in [0, 0.1) is 12.8 Å². The van der Waals surface area contributed by atoms with E-state index in [1.54, 1.807) is 0 Å². The highest BCUT2D eigenvalue weighted by Crippen LogP contribution is 2.24. The lowest BCUT2D eigenvalue weighted by Crippen LogP contribution is -2.53. The van der Waals surface area contributed by atoms with Crippen LogP contribution in [0.25, 0.3) is 0 Å². The number of piperidine rings is 1. The largest absolute Gasteiger partial charge is 0.368 e. The highest BCUT2D eigenvalue weighted by Gasteiger charge is 2.33. The normalized spacial score (nSPS) is 20.3. The van der Waals surface area contributed by atoms with E-state index >= 15 is 0 Å². The van der Waals surface area contributed by atoms with Gasteiger partial charge in [0.25, 0.3) is 5.91 Å². The molecule has 2 aliphatic rings. The molecule has 5 nitrogen and oxygen atoms in total. The van der Waals surface area contributed by atoms with E-state index < -0.39 is 0 Å². The van der Waals surface area contributed by atoms with Crippen molar-refractivity contribution in [2.24, 2.45) is 5.92 Å². The molecular formula is C22H27N3O2S. The number of benzene rings is 1. The van der Waals surface area contributed by atoms with Crippen LogP contribution in [0.5, 0.6) is 0 Å². The molecule has 1 aromatic carbocycles. The number of anilines is 1. The molecule has 1 unspecified atom stereocenters. The van der Waals surface area contributed by atoms with Crippen LogP contribution in [0.3, 0.4) is 0 Å². The first kappa shape index (κ1) is 19.0. The lowest BCUT2D eigenvalue weighted by atomic mass is 9.96. The van der Waals surface area contributed by atoms with Crippen molar-refractivity contribution in [3.8, 4) is 0 Å². The van der Waals surface area contributed by atoms with Crippen molar-refractivity contribution in [1.29, 1.82) is 0 Å². The van der Waals surface area contributed by atoms with Crippen molar-refractivity contribution < 1.29 is 9.59 Å². The number of likely N-dealkylation sites (tertiary alicyclic amines) is 1. The minimum absolute atomic E-state index is 0.0665. The lowest BCUT2D eigenvalue weighted by Gasteiger charge is -2.39. The maximum Gasteiger partial charge on any atom is 0.263 e. The van der Waals surface area contributed by atoms with Gasteiger partial charge in [-0.2, -0.15) is 0 Å². The second kappa shape index (κ2) is 8.35. The van der Waals surface area contributed by atoms with E-state index in [0.29, 0.717) is 6.54 Å². The highest BCUT2D eigenvalue weighted by molar-refractivity contribution is 7.12. The van der Waals surface area contributed by atoms with E-state index in [-0.39, 0.29) is 17.7 Å². The predicted octanol–water partition coefficient (Wildman–Crippen LogP) is 3.26. The van der Waals surface area contributed by atoms with Crippen LogP contribution in [0.4, 0.5) is 5.69 Å². The minimum Gasteiger partial charge on any atom is -0.368 e. The van der Waals surface area contributed by atoms with Crippen molar-refractivity contribution in [1.82, 2.24) is 9.80 Å². The van der Waals surface area contributed by atoms with E-state index in [1.165, 1.54) is 22.6 Å². The van der Waals surface area contributed by atoms with Gasteiger partial charge in [0.05, 0.1) is 10.8 Å². The molecule has 0 N–H and O–H groups in total. The predicted molar refractivity (Wildman–Crippen MR) is 113 cm³/mol. The quantitative estimate of drug-likeness (QED) is 0.799. The number of nitrogens with zero attached hydrogens (tertiary/aromatic N) is 3. The fourth-order valence-electron chi connectivity index (χ4n) is 4.19. The number of aryl methyl sites for hydroxylation is 1. The van der Waals surface area contributed by atoms with E-state index in [1.807, 2.05) is 27.3 Å². The Hall–Kier alpha value is -2.34. The van der Waals surface area contributed by atoms with Crippen LogP contribution < -0.4 is 4.90 Å². The smallest absolute Gasteiger partial charge is 0.263 e. The van der Waals surface area contributed by atoms with Gasteiger partial charge in [0.2, 0.25) is 5.91 Å². The summed E-state index contributed by atoms with van der Waals surface area (Å²) >= 11 is 1.47. The molecule has 2 aliphatic heterocycles. The highest BCUT2D eigenvalue weighted by atomic mass is 32.1. The molecule has 2 saturated heterocycles. The Bertz CT molecular complexity index is 828. The van der Waals surface area contributed by atoms with E-state index in [0.717, 1.165) is 50.4 Å². The maximum atomic E-state index is 13.1. The molecule has 2 fully saturated rings. The zero-order chi connectivity index (χ0) is 19.5. The summed E-state index contributed by atoms with van der Waals surface area (Å²) in [5, 5.41) is 1.92. The Kier molecular flexibility index (Phi) is 5.67. The van der Waals surface area contributed by atoms with Gasteiger partial charge in [0, 0.05) is 45.0 Å². The lowest BCUT2D eigenvalue weighted by molar-refractivity contribution is -0.137. The second-order valence-electron chi connectivity index (χ2n) is 7.72. The van der Waals surface area contributed by atoms with Gasteiger partial charge >= 0.3 is 0 Å². The summed E-state index contributed by atoms with van der Waals surface area (Å²) in [7, 11) is 0. The van der Waals surface area contributed by atoms with Crippen LogP contribution in [0.1, 0.15) is 28.1 Å². The van der Waals surface area contributed by atoms with Crippen molar-refractivity contribution in [2.45, 2.75) is 19.8 Å². The fourth-order valence-corrected chi connectivity index (χ4v) is 4.88. The molecule has 148 valence electrons. The van der Waals surface area contributed by atoms with E-state index in [9.17, 15) is 9.59 Å². The molecule has 0 radical (unpaired) electrons. The first-order valence-corrected chi connectivity index (χ1v) is 10.9. The van der Waals surface area contributed by atoms with Crippen molar-refractivity contribution >= 4 is 28.8 Å². The molecule has 1 aromatic heterocycles. The Labute approximate surface area is 170 Å². The van der Waals surface area contributed by atoms with Gasteiger partial charge in [-0.25, -0.2) is 0 Å². The number of carbonyl (C=O) groups is 2. The first-order valence-electron chi connectivity index (χ1n) is 10.0. The van der Waals surface area contributed by atoms with Crippen molar-refractivity contribution in [3.05, 3.63) is 52.2 Å². The molecule has 0 aliphatic carbocycles. The van der Waals surface area contributed by atoms with Crippen LogP contribution in [-0.4, -0.2) is 60.9 Å². The third-order valence-corrected chi connectivity index (χ3v) is 6.61. The van der Waals surface area contributed by atoms with Gasteiger partial charge in [-0.15, -0.1) is 11.3 Å². The fraction of sp³-hybridized carbons (Fsp3) is 0.455. The van der Waals surface area contributed by atoms with Gasteiger partial charge in [-0.1, -0.05) is 18.2 Å². The monoisotopic (exact) mass is 397 g/mol. The van der Waals surface area contributed by atoms with Gasteiger partial charge < -0.3 is 14.7 Å². The zero-order valence-electron chi connectivity index (χ0n) is 16.3. The summed E-state index contributed by atoms with van der Waals surface area (Å²) in [5.74, 6) is 0.215. The number of carbonyl (C=O) groups excluding carboxylic acids is 2. The molecular weight excluding hydrogens is 370 g/mol.